The van der Waals surface area contributed by atoms with Crippen LogP contribution in [0.1, 0.15) is 0 Å². The molecule has 0 atom stereocenters. The van der Waals surface area contributed by atoms with Gasteiger partial charge in [-0.2, -0.15) is 29.9 Å². The Morgan fingerprint density at radius 2 is 0.716 bits per heavy atom. The number of rotatable bonds is 18. The zero-order valence-corrected chi connectivity index (χ0v) is 63.7. The van der Waals surface area contributed by atoms with Crippen molar-refractivity contribution >= 4 is 170 Å². The number of phenolic OH excluding ortho intramolecular Hbond substituents is 1. The summed E-state index contributed by atoms with van der Waals surface area (Å²) in [6, 6.07) is 14.7. The molecule has 0 aliphatic carbocycles. The molecule has 0 spiro atoms. The van der Waals surface area contributed by atoms with Gasteiger partial charge in [0.05, 0.1) is 40.4 Å². The van der Waals surface area contributed by atoms with Gasteiger partial charge in [-0.25, -0.2) is 50.5 Å². The number of nitrogen functional groups attached to an aromatic ring is 1. The topological polar surface area (TPSA) is 564 Å². The van der Waals surface area contributed by atoms with Gasteiger partial charge in [0.15, 0.2) is 5.75 Å². The fraction of sp³-hybridized carbons (Fsp3) is 0. The van der Waals surface area contributed by atoms with Crippen LogP contribution < -0.4 is 204 Å². The Labute approximate surface area is 640 Å². The first kappa shape index (κ1) is 81.7. The van der Waals surface area contributed by atoms with Gasteiger partial charge in [0.25, 0.3) is 0 Å². The van der Waals surface area contributed by atoms with Crippen molar-refractivity contribution in [3.8, 4) is 5.75 Å². The number of anilines is 9. The van der Waals surface area contributed by atoms with E-state index in [2.05, 4.69) is 71.6 Å². The minimum absolute atomic E-state index is 0. The third kappa shape index (κ3) is 20.8. The number of benzene rings is 6. The smallest absolute Gasteiger partial charge is 0.744 e. The van der Waals surface area contributed by atoms with Crippen molar-refractivity contribution in [2.75, 3.05) is 27.0 Å². The summed E-state index contributed by atoms with van der Waals surface area (Å²) in [4.78, 5) is 16.7. The van der Waals surface area contributed by atoms with E-state index in [1.807, 2.05) is 0 Å². The van der Waals surface area contributed by atoms with E-state index in [1.54, 1.807) is 0 Å². The summed E-state index contributed by atoms with van der Waals surface area (Å²) >= 11 is 12.0. The monoisotopic (exact) mass is 1420 g/mol. The Morgan fingerprint density at radius 1 is 0.398 bits per heavy atom. The van der Waals surface area contributed by atoms with Crippen molar-refractivity contribution in [3.05, 3.63) is 108 Å². The van der Waals surface area contributed by atoms with Gasteiger partial charge in [-0.1, -0.05) is 12.1 Å². The number of halogens is 2. The molecule has 428 valence electrons. The van der Waals surface area contributed by atoms with Crippen molar-refractivity contribution in [3.63, 3.8) is 0 Å². The SMILES string of the molecule is Nc1c(N=Nc2ccc(Nc3nc(Cl)nc(Nc4cccc(S(=O)(=O)[O-])c4)n3)cc2S(=O)(=O)[O-])c(S(=O)(=O)[O-])cc2cc(S(=O)(=O)[O-])c(N=Nc3ccc(Nc4nc(Cl)nc(Nc5cccc(S(=O)(=O)[O-])c5)n4)cc3S(=O)(=O)[O-])c(O)c12.[Na+].[Na+].[Na+].[Na+].[Na+].[Na+]. The van der Waals surface area contributed by atoms with Crippen LogP contribution in [0, 0.1) is 0 Å². The second kappa shape index (κ2) is 32.2. The molecule has 2 heterocycles. The standard InChI is InChI=1S/C40H29Cl2N15O19S6.6Na/c41-35-48-37(44-18-3-1-5-22(13-18)77(59,60)61)52-39(50-35)46-20-7-9-24(26(15-20)79(65,66)67)54-56-32-28(81(71,72)73)11-17-12-29(82(74,75)76)33(34(58)30(17)31(32)43)57-55-25-10-8-21(16-27(25)80(68,69)70)47-40-51-36(42)49-38(53-40)45-19-4-2-6-23(14-19)78(62,63)64;;;;;;/h1-16,58H,43H2,(H,59,60,61)(H,62,63,64)(H,65,66,67)(H,68,69,70)(H,71,72,73)(H,74,75,76)(H2,44,46,48,50,52)(H2,45,47,49,51,53);;;;;;/q;6*+1/p-6. The average Bonchev–Trinajstić information content (AvgIpc) is 3.53. The molecule has 0 amide bonds. The van der Waals surface area contributed by atoms with E-state index >= 15 is 0 Å². The Hall–Kier alpha value is -2.36. The number of phenols is 1. The number of hydrogen-bond acceptors (Lipinski definition) is 34. The van der Waals surface area contributed by atoms with Crippen molar-refractivity contribution in [2.24, 2.45) is 20.5 Å². The van der Waals surface area contributed by atoms with Gasteiger partial charge >= 0.3 is 177 Å². The predicted molar refractivity (Wildman–Crippen MR) is 275 cm³/mol. The molecule has 0 unspecified atom stereocenters. The number of nitrogens with zero attached hydrogens (tertiary/aromatic N) is 10. The largest absolute Gasteiger partial charge is 1.00 e. The van der Waals surface area contributed by atoms with Crippen LogP contribution in [0.4, 0.5) is 75.0 Å². The average molecular weight is 1420 g/mol. The minimum Gasteiger partial charge on any atom is -0.744 e. The number of nitrogens with two attached hydrogens (primary N) is 1. The van der Waals surface area contributed by atoms with E-state index in [9.17, 15) is 82.9 Å². The maximum atomic E-state index is 12.6. The molecule has 0 radical (unpaired) electrons. The normalized spacial score (nSPS) is 11.9. The fourth-order valence-electron chi connectivity index (χ4n) is 6.95. The van der Waals surface area contributed by atoms with Gasteiger partial charge < -0.3 is 59.4 Å². The number of fused-ring (bicyclic) bond motifs is 1. The fourth-order valence-corrected chi connectivity index (χ4v) is 10.9. The van der Waals surface area contributed by atoms with Crippen molar-refractivity contribution in [1.29, 1.82) is 0 Å². The van der Waals surface area contributed by atoms with Crippen LogP contribution in [-0.2, 0) is 60.7 Å². The van der Waals surface area contributed by atoms with E-state index in [1.165, 1.54) is 24.3 Å². The zero-order chi connectivity index (χ0) is 60.1. The summed E-state index contributed by atoms with van der Waals surface area (Å²) in [5.74, 6) is -3.00. The van der Waals surface area contributed by atoms with Crippen molar-refractivity contribution in [1.82, 2.24) is 29.9 Å². The van der Waals surface area contributed by atoms with Crippen LogP contribution >= 0.6 is 23.2 Å². The Kier molecular flexibility index (Phi) is 29.9. The first-order valence-corrected chi connectivity index (χ1v) is 30.3. The van der Waals surface area contributed by atoms with E-state index < -0.39 is 158 Å². The van der Waals surface area contributed by atoms with Crippen LogP contribution in [0.3, 0.4) is 0 Å². The van der Waals surface area contributed by atoms with Crippen LogP contribution in [0.25, 0.3) is 10.8 Å². The van der Waals surface area contributed by atoms with Crippen LogP contribution in [0.5, 0.6) is 5.75 Å². The van der Waals surface area contributed by atoms with Gasteiger partial charge in [-0.05, 0) is 114 Å². The molecule has 8 rings (SSSR count). The predicted octanol–water partition coefficient (Wildman–Crippen LogP) is -12.9. The molecule has 0 saturated heterocycles. The summed E-state index contributed by atoms with van der Waals surface area (Å²) in [5, 5.41) is 33.4. The van der Waals surface area contributed by atoms with Gasteiger partial charge in [-0.15, -0.1) is 20.5 Å². The molecule has 0 fully saturated rings. The zero-order valence-electron chi connectivity index (χ0n) is 45.3. The van der Waals surface area contributed by atoms with E-state index in [-0.39, 0.29) is 212 Å². The third-order valence-electron chi connectivity index (χ3n) is 10.3. The van der Waals surface area contributed by atoms with E-state index in [0.717, 1.165) is 48.5 Å². The number of aromatic nitrogens is 6. The Balaban J connectivity index is 0.00000440. The molecule has 0 saturated carbocycles. The summed E-state index contributed by atoms with van der Waals surface area (Å²) < 4.78 is 220. The molecule has 0 bridgehead atoms. The molecule has 6 aromatic carbocycles. The Morgan fingerprint density at radius 3 is 1.05 bits per heavy atom. The quantitative estimate of drug-likeness (QED) is 0.0201. The molecule has 0 aliphatic rings. The summed E-state index contributed by atoms with van der Waals surface area (Å²) in [6.07, 6.45) is 0. The van der Waals surface area contributed by atoms with Crippen LogP contribution in [0.15, 0.2) is 147 Å². The second-order valence-corrected chi connectivity index (χ2v) is 24.7. The number of aromatic hydroxyl groups is 1. The van der Waals surface area contributed by atoms with Crippen molar-refractivity contribution < 1.29 is 260 Å². The van der Waals surface area contributed by atoms with Gasteiger partial charge in [0.1, 0.15) is 83.5 Å². The summed E-state index contributed by atoms with van der Waals surface area (Å²) in [6.45, 7) is 0. The summed E-state index contributed by atoms with van der Waals surface area (Å²) in [7, 11) is -32.6. The molecule has 48 heteroatoms. The first-order chi connectivity index (χ1) is 38.0. The third-order valence-corrected chi connectivity index (χ3v) is 15.7. The summed E-state index contributed by atoms with van der Waals surface area (Å²) in [5.41, 5.74) is 0.287. The van der Waals surface area contributed by atoms with Gasteiger partial charge in [-0.3, -0.25) is 0 Å². The second-order valence-electron chi connectivity index (χ2n) is 15.9. The van der Waals surface area contributed by atoms with Crippen molar-refractivity contribution in [2.45, 2.75) is 29.4 Å². The molecular weight excluding hydrogens is 1400 g/mol. The molecule has 0 aliphatic heterocycles. The molecule has 34 nitrogen and oxygen atoms in total. The van der Waals surface area contributed by atoms with E-state index in [4.69, 9.17) is 28.9 Å². The molecule has 8 aromatic rings. The first-order valence-electron chi connectivity index (χ1n) is 21.1. The number of hydrogen-bond donors (Lipinski definition) is 6. The Bertz CT molecular complexity index is 4520. The van der Waals surface area contributed by atoms with Gasteiger partial charge in [0, 0.05) is 22.7 Å². The molecule has 7 N–H and O–H groups in total. The van der Waals surface area contributed by atoms with Crippen LogP contribution in [0.2, 0.25) is 10.6 Å². The number of azo groups is 2. The maximum Gasteiger partial charge on any atom is 1.00 e. The molecule has 88 heavy (non-hydrogen) atoms. The molecule has 2 aromatic heterocycles. The van der Waals surface area contributed by atoms with Gasteiger partial charge in [0.2, 0.25) is 34.4 Å². The molecular formula is C40H23Cl2N15Na6O19S6. The minimum atomic E-state index is -5.83. The number of nitrogens with one attached hydrogen (secondary N) is 4. The van der Waals surface area contributed by atoms with E-state index in [0.29, 0.717) is 24.3 Å². The maximum absolute atomic E-state index is 12.6. The van der Waals surface area contributed by atoms with Crippen LogP contribution in [-0.4, -0.2) is 113 Å².